The van der Waals surface area contributed by atoms with Gasteiger partial charge in [0.05, 0.1) is 16.5 Å². The number of hydrogen-bond donors (Lipinski definition) is 0. The molecule has 1 heterocycles. The molecule has 1 spiro atoms. The van der Waals surface area contributed by atoms with Crippen LogP contribution in [-0.2, 0) is 5.41 Å². The van der Waals surface area contributed by atoms with Crippen LogP contribution in [0.2, 0.25) is 0 Å². The average Bonchev–Trinajstić information content (AvgIpc) is 4.06. The van der Waals surface area contributed by atoms with Crippen LogP contribution in [0.1, 0.15) is 22.3 Å². The number of furan rings is 1. The molecule has 14 rings (SSSR count). The number of para-hydroxylation sites is 1. The predicted octanol–water partition coefficient (Wildman–Crippen LogP) is 18.1. The summed E-state index contributed by atoms with van der Waals surface area (Å²) in [4.78, 5) is 2.50. The normalized spacial score (nSPS) is 12.8. The number of benzene rings is 11. The van der Waals surface area contributed by atoms with Crippen LogP contribution in [0.5, 0.6) is 0 Å². The number of rotatable bonds is 7. The molecule has 0 aliphatic heterocycles. The zero-order valence-electron chi connectivity index (χ0n) is 37.7. The first-order valence-corrected chi connectivity index (χ1v) is 23.8. The molecular formula is C67H43NO. The fourth-order valence-corrected chi connectivity index (χ4v) is 11.6. The van der Waals surface area contributed by atoms with Crippen LogP contribution in [0.3, 0.4) is 0 Å². The third-order valence-electron chi connectivity index (χ3n) is 14.7. The van der Waals surface area contributed by atoms with E-state index in [0.29, 0.717) is 0 Å². The third-order valence-corrected chi connectivity index (χ3v) is 14.7. The van der Waals surface area contributed by atoms with Gasteiger partial charge in [0.15, 0.2) is 0 Å². The molecule has 0 saturated heterocycles. The fraction of sp³-hybridized carbons (Fsp3) is 0.0149. The zero-order chi connectivity index (χ0) is 45.5. The molecule has 2 aliphatic rings. The van der Waals surface area contributed by atoms with Gasteiger partial charge in [0.1, 0.15) is 11.2 Å². The van der Waals surface area contributed by atoms with Crippen molar-refractivity contribution in [2.75, 3.05) is 4.90 Å². The van der Waals surface area contributed by atoms with E-state index < -0.39 is 5.41 Å². The minimum absolute atomic E-state index is 0.622. The molecule has 2 nitrogen and oxygen atoms in total. The van der Waals surface area contributed by atoms with Crippen LogP contribution in [0, 0.1) is 0 Å². The summed E-state index contributed by atoms with van der Waals surface area (Å²) in [6.45, 7) is 0. The minimum atomic E-state index is -0.622. The Labute approximate surface area is 401 Å². The van der Waals surface area contributed by atoms with Crippen LogP contribution in [0.25, 0.3) is 88.7 Å². The third kappa shape index (κ3) is 5.99. The number of nitrogens with zero attached hydrogens (tertiary/aromatic N) is 1. The zero-order valence-corrected chi connectivity index (χ0v) is 37.7. The SMILES string of the molecule is c1ccc(-c2ccc(-c3ccc(N(c4ccc(-c5ccccc5)cc4)c4c5c(cc6oc7ccccc7c46)C4(c6ccccc6-c6ccccc64)c4cc(-c6ccccc6)ccc4-5)cc3)cc2)cc1. The maximum absolute atomic E-state index is 7.08. The Bertz CT molecular complexity index is 3860. The van der Waals surface area contributed by atoms with Gasteiger partial charge in [-0.2, -0.15) is 0 Å². The first kappa shape index (κ1) is 39.2. The summed E-state index contributed by atoms with van der Waals surface area (Å²) >= 11 is 0. The van der Waals surface area contributed by atoms with Crippen LogP contribution in [0.15, 0.2) is 265 Å². The van der Waals surface area contributed by atoms with Crippen molar-refractivity contribution in [2.24, 2.45) is 0 Å². The second-order valence-electron chi connectivity index (χ2n) is 18.3. The van der Waals surface area contributed by atoms with Gasteiger partial charge >= 0.3 is 0 Å². The van der Waals surface area contributed by atoms with Crippen molar-refractivity contribution in [3.63, 3.8) is 0 Å². The number of fused-ring (bicyclic) bond motifs is 13. The summed E-state index contributed by atoms with van der Waals surface area (Å²) in [6.07, 6.45) is 0. The van der Waals surface area contributed by atoms with E-state index in [9.17, 15) is 0 Å². The van der Waals surface area contributed by atoms with Gasteiger partial charge < -0.3 is 9.32 Å². The maximum Gasteiger partial charge on any atom is 0.137 e. The summed E-state index contributed by atoms with van der Waals surface area (Å²) in [6, 6.07) is 95.4. The van der Waals surface area contributed by atoms with E-state index in [0.717, 1.165) is 44.6 Å². The van der Waals surface area contributed by atoms with Gasteiger partial charge in [-0.05, 0) is 126 Å². The van der Waals surface area contributed by atoms with Gasteiger partial charge in [-0.15, -0.1) is 0 Å². The molecule has 0 N–H and O–H groups in total. The van der Waals surface area contributed by atoms with Gasteiger partial charge in [0.25, 0.3) is 0 Å². The molecule has 0 amide bonds. The van der Waals surface area contributed by atoms with E-state index >= 15 is 0 Å². The standard InChI is InChI=1S/C67H43NO/c1-4-16-44(17-5-1)47-28-30-48(31-29-47)50-34-39-53(40-35-50)68(52-37-32-49(33-38-52)45-18-6-2-7-19-45)66-64-56-41-36-51(46-20-8-3-9-21-46)42-60(56)67(58-25-13-10-22-54(58)55-23-11-14-26-59(55)67)61(64)43-63-65(66)57-24-12-15-27-62(57)69-63/h1-43H. The Balaban J connectivity index is 1.06. The quantitative estimate of drug-likeness (QED) is 0.159. The summed E-state index contributed by atoms with van der Waals surface area (Å²) < 4.78 is 7.08. The first-order chi connectivity index (χ1) is 34.2. The molecule has 11 aromatic carbocycles. The van der Waals surface area contributed by atoms with Gasteiger partial charge in [-0.1, -0.05) is 218 Å². The van der Waals surface area contributed by atoms with Crippen molar-refractivity contribution >= 4 is 39.0 Å². The fourth-order valence-electron chi connectivity index (χ4n) is 11.6. The predicted molar refractivity (Wildman–Crippen MR) is 286 cm³/mol. The van der Waals surface area contributed by atoms with E-state index in [1.807, 2.05) is 0 Å². The number of hydrogen-bond acceptors (Lipinski definition) is 2. The Morgan fingerprint density at radius 2 is 0.710 bits per heavy atom. The van der Waals surface area contributed by atoms with Crippen molar-refractivity contribution in [1.29, 1.82) is 0 Å². The van der Waals surface area contributed by atoms with Crippen LogP contribution < -0.4 is 4.90 Å². The second kappa shape index (κ2) is 15.6. The lowest BCUT2D eigenvalue weighted by atomic mass is 9.70. The van der Waals surface area contributed by atoms with Gasteiger partial charge in [0, 0.05) is 22.3 Å². The highest BCUT2D eigenvalue weighted by molar-refractivity contribution is 6.20. The molecule has 0 fully saturated rings. The van der Waals surface area contributed by atoms with Crippen LogP contribution in [-0.4, -0.2) is 0 Å². The highest BCUT2D eigenvalue weighted by Gasteiger charge is 2.53. The van der Waals surface area contributed by atoms with E-state index in [2.05, 4.69) is 266 Å². The topological polar surface area (TPSA) is 16.4 Å². The van der Waals surface area contributed by atoms with Gasteiger partial charge in [-0.3, -0.25) is 0 Å². The molecular weight excluding hydrogens is 835 g/mol. The number of anilines is 3. The Morgan fingerprint density at radius 3 is 1.25 bits per heavy atom. The van der Waals surface area contributed by atoms with Crippen LogP contribution in [0.4, 0.5) is 17.1 Å². The van der Waals surface area contributed by atoms with E-state index in [4.69, 9.17) is 4.42 Å². The van der Waals surface area contributed by atoms with Gasteiger partial charge in [0.2, 0.25) is 0 Å². The van der Waals surface area contributed by atoms with E-state index in [-0.39, 0.29) is 0 Å². The summed E-state index contributed by atoms with van der Waals surface area (Å²) in [5, 5.41) is 2.17. The second-order valence-corrected chi connectivity index (χ2v) is 18.3. The average molecular weight is 878 g/mol. The molecule has 12 aromatic rings. The van der Waals surface area contributed by atoms with Crippen molar-refractivity contribution in [3.05, 3.63) is 283 Å². The molecule has 2 heteroatoms. The summed E-state index contributed by atoms with van der Waals surface area (Å²) in [7, 11) is 0. The maximum atomic E-state index is 7.08. The molecule has 0 atom stereocenters. The highest BCUT2D eigenvalue weighted by atomic mass is 16.3. The van der Waals surface area contributed by atoms with Crippen molar-refractivity contribution in [1.82, 2.24) is 0 Å². The van der Waals surface area contributed by atoms with E-state index in [1.165, 1.54) is 83.5 Å². The first-order valence-electron chi connectivity index (χ1n) is 23.8. The lowest BCUT2D eigenvalue weighted by Crippen LogP contribution is -2.26. The molecule has 2 aliphatic carbocycles. The highest BCUT2D eigenvalue weighted by Crippen LogP contribution is 2.66. The largest absolute Gasteiger partial charge is 0.456 e. The smallest absolute Gasteiger partial charge is 0.137 e. The lowest BCUT2D eigenvalue weighted by Gasteiger charge is -2.32. The molecule has 0 radical (unpaired) electrons. The van der Waals surface area contributed by atoms with Crippen molar-refractivity contribution in [3.8, 4) is 66.8 Å². The summed E-state index contributed by atoms with van der Waals surface area (Å²) in [5.74, 6) is 0. The molecule has 1 aromatic heterocycles. The van der Waals surface area contributed by atoms with E-state index in [1.54, 1.807) is 0 Å². The minimum Gasteiger partial charge on any atom is -0.456 e. The Hall–Kier alpha value is -8.98. The Kier molecular flexibility index (Phi) is 8.84. The molecule has 0 saturated carbocycles. The lowest BCUT2D eigenvalue weighted by molar-refractivity contribution is 0.666. The van der Waals surface area contributed by atoms with Crippen LogP contribution >= 0.6 is 0 Å². The molecule has 0 bridgehead atoms. The molecule has 0 unspecified atom stereocenters. The Morgan fingerprint density at radius 1 is 0.290 bits per heavy atom. The van der Waals surface area contributed by atoms with Crippen molar-refractivity contribution in [2.45, 2.75) is 5.41 Å². The molecule has 322 valence electrons. The van der Waals surface area contributed by atoms with Crippen molar-refractivity contribution < 1.29 is 4.42 Å². The monoisotopic (exact) mass is 877 g/mol. The summed E-state index contributed by atoms with van der Waals surface area (Å²) in [5.41, 5.74) is 23.9. The van der Waals surface area contributed by atoms with Gasteiger partial charge in [-0.25, -0.2) is 0 Å². The molecule has 69 heavy (non-hydrogen) atoms.